The third-order valence-electron chi connectivity index (χ3n) is 3.16. The molecule has 9 nitrogen and oxygen atoms in total. The second-order valence-corrected chi connectivity index (χ2v) is 4.71. The van der Waals surface area contributed by atoms with Crippen molar-refractivity contribution in [3.05, 3.63) is 73.8 Å². The summed E-state index contributed by atoms with van der Waals surface area (Å²) in [4.78, 5) is 20.3. The zero-order valence-electron chi connectivity index (χ0n) is 12.5. The maximum absolute atomic E-state index is 11.0. The summed E-state index contributed by atoms with van der Waals surface area (Å²) >= 11 is 0. The van der Waals surface area contributed by atoms with Crippen LogP contribution < -0.4 is 5.43 Å². The van der Waals surface area contributed by atoms with Crippen LogP contribution in [0.15, 0.2) is 47.6 Å². The number of nitriles is 1. The molecule has 0 aliphatic heterocycles. The van der Waals surface area contributed by atoms with E-state index in [1.165, 1.54) is 6.07 Å². The SMILES string of the molecule is CC(=NNc1ccc([N+](=O)[O-])cc1[N+](=O)[O-])c1ccc(C#N)cc1. The van der Waals surface area contributed by atoms with Gasteiger partial charge in [-0.3, -0.25) is 25.7 Å². The van der Waals surface area contributed by atoms with Crippen molar-refractivity contribution in [2.24, 2.45) is 5.10 Å². The zero-order chi connectivity index (χ0) is 17.7. The molecule has 0 spiro atoms. The first-order chi connectivity index (χ1) is 11.4. The summed E-state index contributed by atoms with van der Waals surface area (Å²) in [6, 6.07) is 11.9. The molecule has 0 bridgehead atoms. The van der Waals surface area contributed by atoms with E-state index >= 15 is 0 Å². The first-order valence-electron chi connectivity index (χ1n) is 6.66. The van der Waals surface area contributed by atoms with Gasteiger partial charge in [-0.1, -0.05) is 12.1 Å². The normalized spacial score (nSPS) is 10.8. The van der Waals surface area contributed by atoms with Gasteiger partial charge in [0.1, 0.15) is 5.69 Å². The van der Waals surface area contributed by atoms with Crippen molar-refractivity contribution in [1.29, 1.82) is 5.26 Å². The number of nitrogens with one attached hydrogen (secondary N) is 1. The topological polar surface area (TPSA) is 134 Å². The Balaban J connectivity index is 2.28. The van der Waals surface area contributed by atoms with Crippen LogP contribution in [0.3, 0.4) is 0 Å². The Hall–Kier alpha value is -3.80. The third-order valence-corrected chi connectivity index (χ3v) is 3.16. The summed E-state index contributed by atoms with van der Waals surface area (Å²) < 4.78 is 0. The van der Waals surface area contributed by atoms with Crippen LogP contribution in [0.1, 0.15) is 18.1 Å². The average Bonchev–Trinajstić information content (AvgIpc) is 2.59. The number of anilines is 1. The monoisotopic (exact) mass is 325 g/mol. The highest BCUT2D eigenvalue weighted by Gasteiger charge is 2.19. The van der Waals surface area contributed by atoms with Gasteiger partial charge in [0, 0.05) is 6.07 Å². The Morgan fingerprint density at radius 3 is 2.33 bits per heavy atom. The molecule has 0 saturated carbocycles. The fraction of sp³-hybridized carbons (Fsp3) is 0.0667. The van der Waals surface area contributed by atoms with Gasteiger partial charge in [-0.15, -0.1) is 0 Å². The van der Waals surface area contributed by atoms with E-state index in [0.717, 1.165) is 17.7 Å². The van der Waals surface area contributed by atoms with Crippen molar-refractivity contribution in [2.45, 2.75) is 6.92 Å². The number of hydrogen-bond donors (Lipinski definition) is 1. The van der Waals surface area contributed by atoms with Gasteiger partial charge >= 0.3 is 5.69 Å². The number of benzene rings is 2. The average molecular weight is 325 g/mol. The molecule has 0 saturated heterocycles. The lowest BCUT2D eigenvalue weighted by atomic mass is 10.1. The van der Waals surface area contributed by atoms with E-state index in [0.29, 0.717) is 11.3 Å². The third kappa shape index (κ3) is 3.69. The molecule has 0 radical (unpaired) electrons. The van der Waals surface area contributed by atoms with E-state index in [4.69, 9.17) is 5.26 Å². The molecular formula is C15H11N5O4. The number of hydrazone groups is 1. The van der Waals surface area contributed by atoms with Crippen molar-refractivity contribution < 1.29 is 9.85 Å². The highest BCUT2D eigenvalue weighted by atomic mass is 16.6. The van der Waals surface area contributed by atoms with E-state index in [9.17, 15) is 20.2 Å². The molecule has 2 aromatic rings. The molecule has 0 aliphatic rings. The van der Waals surface area contributed by atoms with Crippen LogP contribution in [0.4, 0.5) is 17.1 Å². The van der Waals surface area contributed by atoms with Gasteiger partial charge in [-0.2, -0.15) is 10.4 Å². The van der Waals surface area contributed by atoms with Crippen LogP contribution in [-0.4, -0.2) is 15.6 Å². The Labute approximate surface area is 136 Å². The predicted octanol–water partition coefficient (Wildman–Crippen LogP) is 3.21. The lowest BCUT2D eigenvalue weighted by Gasteiger charge is -2.05. The van der Waals surface area contributed by atoms with Crippen molar-refractivity contribution in [2.75, 3.05) is 5.43 Å². The minimum Gasteiger partial charge on any atom is -0.271 e. The molecule has 0 aliphatic carbocycles. The van der Waals surface area contributed by atoms with Crippen LogP contribution in [0.5, 0.6) is 0 Å². The van der Waals surface area contributed by atoms with Crippen molar-refractivity contribution >= 4 is 22.8 Å². The van der Waals surface area contributed by atoms with E-state index in [1.807, 2.05) is 6.07 Å². The standard InChI is InChI=1S/C15H11N5O4/c1-10(12-4-2-11(9-16)3-5-12)17-18-14-7-6-13(19(21)22)8-15(14)20(23)24/h2-8,18H,1H3. The second kappa shape index (κ2) is 6.97. The maximum atomic E-state index is 11.0. The van der Waals surface area contributed by atoms with Crippen LogP contribution in [0.2, 0.25) is 0 Å². The Kier molecular flexibility index (Phi) is 4.81. The molecule has 0 atom stereocenters. The number of nitro groups is 2. The number of hydrogen-bond acceptors (Lipinski definition) is 7. The summed E-state index contributed by atoms with van der Waals surface area (Å²) in [5.41, 5.74) is 3.54. The molecule has 0 heterocycles. The van der Waals surface area contributed by atoms with Gasteiger partial charge in [-0.05, 0) is 30.7 Å². The Bertz CT molecular complexity index is 868. The van der Waals surface area contributed by atoms with Crippen molar-refractivity contribution in [3.63, 3.8) is 0 Å². The summed E-state index contributed by atoms with van der Waals surface area (Å²) in [6.45, 7) is 1.69. The van der Waals surface area contributed by atoms with Gasteiger partial charge in [0.25, 0.3) is 5.69 Å². The van der Waals surface area contributed by atoms with E-state index < -0.39 is 15.5 Å². The number of rotatable bonds is 5. The van der Waals surface area contributed by atoms with Crippen LogP contribution in [0.25, 0.3) is 0 Å². The van der Waals surface area contributed by atoms with Crippen LogP contribution in [0, 0.1) is 31.6 Å². The highest BCUT2D eigenvalue weighted by molar-refractivity contribution is 5.99. The largest absolute Gasteiger partial charge is 0.301 e. The zero-order valence-corrected chi connectivity index (χ0v) is 12.5. The molecule has 0 amide bonds. The van der Waals surface area contributed by atoms with Gasteiger partial charge in [0.2, 0.25) is 0 Å². The van der Waals surface area contributed by atoms with Crippen LogP contribution >= 0.6 is 0 Å². The molecular weight excluding hydrogens is 314 g/mol. The van der Waals surface area contributed by atoms with Crippen molar-refractivity contribution in [1.82, 2.24) is 0 Å². The lowest BCUT2D eigenvalue weighted by Crippen LogP contribution is -2.02. The van der Waals surface area contributed by atoms with E-state index in [1.54, 1.807) is 31.2 Å². The Morgan fingerprint density at radius 1 is 1.12 bits per heavy atom. The lowest BCUT2D eigenvalue weighted by molar-refractivity contribution is -0.393. The smallest absolute Gasteiger partial charge is 0.271 e. The fourth-order valence-corrected chi connectivity index (χ4v) is 1.87. The first-order valence-corrected chi connectivity index (χ1v) is 6.66. The van der Waals surface area contributed by atoms with Gasteiger partial charge in [-0.25, -0.2) is 0 Å². The molecule has 9 heteroatoms. The molecule has 0 unspecified atom stereocenters. The molecule has 2 aromatic carbocycles. The molecule has 2 rings (SSSR count). The van der Waals surface area contributed by atoms with Gasteiger partial charge in [0.05, 0.1) is 33.3 Å². The summed E-state index contributed by atoms with van der Waals surface area (Å²) in [7, 11) is 0. The molecule has 0 aromatic heterocycles. The molecule has 120 valence electrons. The second-order valence-electron chi connectivity index (χ2n) is 4.71. The predicted molar refractivity (Wildman–Crippen MR) is 86.7 cm³/mol. The Morgan fingerprint density at radius 2 is 1.79 bits per heavy atom. The number of non-ortho nitro benzene ring substituents is 1. The van der Waals surface area contributed by atoms with Crippen LogP contribution in [-0.2, 0) is 0 Å². The molecule has 24 heavy (non-hydrogen) atoms. The van der Waals surface area contributed by atoms with Crippen molar-refractivity contribution in [3.8, 4) is 6.07 Å². The first kappa shape index (κ1) is 16.6. The summed E-state index contributed by atoms with van der Waals surface area (Å²) in [6.07, 6.45) is 0. The van der Waals surface area contributed by atoms with Gasteiger partial charge < -0.3 is 0 Å². The molecule has 1 N–H and O–H groups in total. The fourth-order valence-electron chi connectivity index (χ4n) is 1.87. The molecule has 0 fully saturated rings. The highest BCUT2D eigenvalue weighted by Crippen LogP contribution is 2.29. The summed E-state index contributed by atoms with van der Waals surface area (Å²) in [5.74, 6) is 0. The van der Waals surface area contributed by atoms with Gasteiger partial charge in [0.15, 0.2) is 0 Å². The maximum Gasteiger partial charge on any atom is 0.301 e. The number of nitrogens with zero attached hydrogens (tertiary/aromatic N) is 4. The minimum absolute atomic E-state index is 0.0404. The minimum atomic E-state index is -0.720. The quantitative estimate of drug-likeness (QED) is 0.509. The summed E-state index contributed by atoms with van der Waals surface area (Å²) in [5, 5.41) is 34.6. The van der Waals surface area contributed by atoms with E-state index in [2.05, 4.69) is 10.5 Å². The van der Waals surface area contributed by atoms with E-state index in [-0.39, 0.29) is 11.4 Å². The number of nitro benzene ring substituents is 2.